The van der Waals surface area contributed by atoms with Gasteiger partial charge in [-0.3, -0.25) is 19.3 Å². The Balaban J connectivity index is 1.39. The van der Waals surface area contributed by atoms with E-state index in [2.05, 4.69) is 5.32 Å². The second-order valence-electron chi connectivity index (χ2n) is 6.66. The fraction of sp³-hybridized carbons (Fsp3) is 0.136. The molecule has 1 N–H and O–H groups in total. The summed E-state index contributed by atoms with van der Waals surface area (Å²) in [5.74, 6) is -1.31. The molecule has 0 radical (unpaired) electrons. The van der Waals surface area contributed by atoms with Gasteiger partial charge in [0.05, 0.1) is 17.5 Å². The SMILES string of the molecule is O=C(Cc1ccc(F)cc1)NCCN1C(=O)c2cc3ccccc3cc2C1=O. The molecule has 0 atom stereocenters. The maximum atomic E-state index is 12.9. The predicted molar refractivity (Wildman–Crippen MR) is 102 cm³/mol. The number of benzene rings is 3. The van der Waals surface area contributed by atoms with Crippen molar-refractivity contribution < 1.29 is 18.8 Å². The lowest BCUT2D eigenvalue weighted by atomic mass is 10.0. The third-order valence-corrected chi connectivity index (χ3v) is 4.77. The zero-order valence-electron chi connectivity index (χ0n) is 14.9. The molecule has 0 spiro atoms. The molecule has 1 aliphatic heterocycles. The van der Waals surface area contributed by atoms with Crippen LogP contribution in [-0.4, -0.2) is 35.7 Å². The molecule has 0 aliphatic carbocycles. The number of rotatable bonds is 5. The second-order valence-corrected chi connectivity index (χ2v) is 6.66. The maximum absolute atomic E-state index is 12.9. The third-order valence-electron chi connectivity index (χ3n) is 4.77. The van der Waals surface area contributed by atoms with Crippen LogP contribution in [0, 0.1) is 5.82 Å². The van der Waals surface area contributed by atoms with Crippen molar-refractivity contribution in [3.8, 4) is 0 Å². The first-order chi connectivity index (χ1) is 13.5. The molecule has 1 aliphatic rings. The maximum Gasteiger partial charge on any atom is 0.261 e. The number of imide groups is 1. The molecular formula is C22H17FN2O3. The van der Waals surface area contributed by atoms with E-state index < -0.39 is 0 Å². The van der Waals surface area contributed by atoms with Crippen molar-refractivity contribution in [1.82, 2.24) is 10.2 Å². The predicted octanol–water partition coefficient (Wildman–Crippen LogP) is 2.93. The van der Waals surface area contributed by atoms with Gasteiger partial charge in [0.15, 0.2) is 0 Å². The van der Waals surface area contributed by atoms with E-state index in [1.807, 2.05) is 24.3 Å². The van der Waals surface area contributed by atoms with Crippen molar-refractivity contribution in [2.75, 3.05) is 13.1 Å². The Bertz CT molecular complexity index is 1040. The summed E-state index contributed by atoms with van der Waals surface area (Å²) in [6.07, 6.45) is 0.105. The summed E-state index contributed by atoms with van der Waals surface area (Å²) in [7, 11) is 0. The molecule has 0 bridgehead atoms. The van der Waals surface area contributed by atoms with Crippen molar-refractivity contribution in [3.05, 3.63) is 83.2 Å². The van der Waals surface area contributed by atoms with Crippen LogP contribution in [0.4, 0.5) is 4.39 Å². The average molecular weight is 376 g/mol. The molecule has 3 aromatic rings. The Hall–Kier alpha value is -3.54. The number of nitrogens with zero attached hydrogens (tertiary/aromatic N) is 1. The average Bonchev–Trinajstić information content (AvgIpc) is 2.92. The van der Waals surface area contributed by atoms with Crippen LogP contribution in [0.5, 0.6) is 0 Å². The lowest BCUT2D eigenvalue weighted by Crippen LogP contribution is -2.38. The highest BCUT2D eigenvalue weighted by Gasteiger charge is 2.35. The van der Waals surface area contributed by atoms with Crippen LogP contribution in [0.2, 0.25) is 0 Å². The van der Waals surface area contributed by atoms with Gasteiger partial charge in [0.25, 0.3) is 11.8 Å². The minimum absolute atomic E-state index is 0.0951. The van der Waals surface area contributed by atoms with Crippen molar-refractivity contribution in [1.29, 1.82) is 0 Å². The molecule has 0 saturated heterocycles. The monoisotopic (exact) mass is 376 g/mol. The van der Waals surface area contributed by atoms with Gasteiger partial charge in [-0.1, -0.05) is 36.4 Å². The molecule has 0 fully saturated rings. The highest BCUT2D eigenvalue weighted by atomic mass is 19.1. The molecule has 28 heavy (non-hydrogen) atoms. The van der Waals surface area contributed by atoms with Crippen molar-refractivity contribution >= 4 is 28.5 Å². The van der Waals surface area contributed by atoms with Crippen LogP contribution in [0.1, 0.15) is 26.3 Å². The number of hydrogen-bond donors (Lipinski definition) is 1. The standard InChI is InChI=1S/C22H17FN2O3/c23-17-7-5-14(6-8-17)11-20(26)24-9-10-25-21(27)18-12-15-3-1-2-4-16(15)13-19(18)22(25)28/h1-8,12-13H,9-11H2,(H,24,26). The number of fused-ring (bicyclic) bond motifs is 2. The van der Waals surface area contributed by atoms with E-state index in [9.17, 15) is 18.8 Å². The fourth-order valence-corrected chi connectivity index (χ4v) is 3.34. The summed E-state index contributed by atoms with van der Waals surface area (Å²) in [6.45, 7) is 0.253. The summed E-state index contributed by atoms with van der Waals surface area (Å²) < 4.78 is 12.9. The number of nitrogens with one attached hydrogen (secondary N) is 1. The zero-order valence-corrected chi connectivity index (χ0v) is 14.9. The molecule has 4 rings (SSSR count). The Kier molecular flexibility index (Phi) is 4.61. The molecular weight excluding hydrogens is 359 g/mol. The smallest absolute Gasteiger partial charge is 0.261 e. The molecule has 5 nitrogen and oxygen atoms in total. The minimum Gasteiger partial charge on any atom is -0.354 e. The minimum atomic E-state index is -0.359. The number of halogens is 1. The first-order valence-corrected chi connectivity index (χ1v) is 8.93. The quantitative estimate of drug-likeness (QED) is 0.697. The topological polar surface area (TPSA) is 66.5 Å². The van der Waals surface area contributed by atoms with Gasteiger partial charge in [-0.15, -0.1) is 0 Å². The Morgan fingerprint density at radius 2 is 1.46 bits per heavy atom. The number of carbonyl (C=O) groups is 3. The van der Waals surface area contributed by atoms with Gasteiger partial charge in [0.2, 0.25) is 5.91 Å². The molecule has 3 aromatic carbocycles. The van der Waals surface area contributed by atoms with E-state index in [0.717, 1.165) is 15.7 Å². The highest BCUT2D eigenvalue weighted by Crippen LogP contribution is 2.27. The van der Waals surface area contributed by atoms with E-state index in [-0.39, 0.29) is 43.0 Å². The van der Waals surface area contributed by atoms with Crippen molar-refractivity contribution in [3.63, 3.8) is 0 Å². The molecule has 6 heteroatoms. The summed E-state index contributed by atoms with van der Waals surface area (Å²) in [5, 5.41) is 4.49. The van der Waals surface area contributed by atoms with Crippen LogP contribution in [0.25, 0.3) is 10.8 Å². The first kappa shape index (κ1) is 17.9. The lowest BCUT2D eigenvalue weighted by Gasteiger charge is -2.14. The Labute approximate surface area is 160 Å². The summed E-state index contributed by atoms with van der Waals surface area (Å²) in [6, 6.07) is 16.7. The molecule has 0 unspecified atom stereocenters. The highest BCUT2D eigenvalue weighted by molar-refractivity contribution is 6.23. The van der Waals surface area contributed by atoms with Crippen molar-refractivity contribution in [2.24, 2.45) is 0 Å². The van der Waals surface area contributed by atoms with Crippen LogP contribution in [-0.2, 0) is 11.2 Å². The third kappa shape index (κ3) is 3.36. The van der Waals surface area contributed by atoms with Crippen LogP contribution in [0.3, 0.4) is 0 Å². The van der Waals surface area contributed by atoms with E-state index >= 15 is 0 Å². The Morgan fingerprint density at radius 1 is 0.893 bits per heavy atom. The lowest BCUT2D eigenvalue weighted by molar-refractivity contribution is -0.120. The Morgan fingerprint density at radius 3 is 2.04 bits per heavy atom. The van der Waals surface area contributed by atoms with E-state index in [4.69, 9.17) is 0 Å². The van der Waals surface area contributed by atoms with Crippen LogP contribution < -0.4 is 5.32 Å². The van der Waals surface area contributed by atoms with Gasteiger partial charge >= 0.3 is 0 Å². The fourth-order valence-electron chi connectivity index (χ4n) is 3.34. The molecule has 3 amide bonds. The van der Waals surface area contributed by atoms with Gasteiger partial charge in [-0.2, -0.15) is 0 Å². The van der Waals surface area contributed by atoms with E-state index in [1.54, 1.807) is 24.3 Å². The van der Waals surface area contributed by atoms with E-state index in [0.29, 0.717) is 16.7 Å². The summed E-state index contributed by atoms with van der Waals surface area (Å²) in [5.41, 5.74) is 1.47. The first-order valence-electron chi connectivity index (χ1n) is 8.93. The van der Waals surface area contributed by atoms with Crippen LogP contribution >= 0.6 is 0 Å². The van der Waals surface area contributed by atoms with Gasteiger partial charge in [0.1, 0.15) is 5.82 Å². The largest absolute Gasteiger partial charge is 0.354 e. The van der Waals surface area contributed by atoms with E-state index in [1.165, 1.54) is 12.1 Å². The molecule has 1 heterocycles. The molecule has 0 saturated carbocycles. The van der Waals surface area contributed by atoms with Gasteiger partial charge in [-0.25, -0.2) is 4.39 Å². The molecule has 140 valence electrons. The number of hydrogen-bond acceptors (Lipinski definition) is 3. The van der Waals surface area contributed by atoms with Gasteiger partial charge in [-0.05, 0) is 40.6 Å². The molecule has 0 aromatic heterocycles. The number of carbonyl (C=O) groups excluding carboxylic acids is 3. The van der Waals surface area contributed by atoms with Crippen molar-refractivity contribution in [2.45, 2.75) is 6.42 Å². The van der Waals surface area contributed by atoms with Gasteiger partial charge in [0, 0.05) is 13.1 Å². The summed E-state index contributed by atoms with van der Waals surface area (Å²) >= 11 is 0. The summed E-state index contributed by atoms with van der Waals surface area (Å²) in [4.78, 5) is 38.4. The van der Waals surface area contributed by atoms with Crippen LogP contribution in [0.15, 0.2) is 60.7 Å². The second kappa shape index (κ2) is 7.23. The zero-order chi connectivity index (χ0) is 19.7. The number of amides is 3. The van der Waals surface area contributed by atoms with Gasteiger partial charge < -0.3 is 5.32 Å². The normalized spacial score (nSPS) is 13.1.